The van der Waals surface area contributed by atoms with Crippen molar-refractivity contribution in [3.8, 4) is 0 Å². The molecule has 0 atom stereocenters. The molecule has 2 aromatic rings. The molecule has 1 aromatic carbocycles. The van der Waals surface area contributed by atoms with E-state index in [0.717, 1.165) is 16.7 Å². The first-order valence-corrected chi connectivity index (χ1v) is 5.84. The van der Waals surface area contributed by atoms with Crippen LogP contribution in [0.15, 0.2) is 12.1 Å². The Hall–Kier alpha value is -0.930. The monoisotopic (exact) mass is 223 g/mol. The molecule has 0 saturated heterocycles. The Morgan fingerprint density at radius 2 is 2.07 bits per heavy atom. The van der Waals surface area contributed by atoms with Gasteiger partial charge in [0.05, 0.1) is 0 Å². The van der Waals surface area contributed by atoms with Crippen LogP contribution in [0.25, 0.3) is 10.1 Å². The maximum absolute atomic E-state index is 13.4. The van der Waals surface area contributed by atoms with E-state index in [2.05, 4.69) is 6.92 Å². The highest BCUT2D eigenvalue weighted by Gasteiger charge is 2.11. The molecule has 1 aromatic heterocycles. The third kappa shape index (κ3) is 1.66. The van der Waals surface area contributed by atoms with Crippen molar-refractivity contribution in [1.29, 1.82) is 0 Å². The smallest absolute Gasteiger partial charge is 0.127 e. The van der Waals surface area contributed by atoms with Crippen LogP contribution in [-0.2, 0) is 6.42 Å². The molecule has 0 radical (unpaired) electrons. The summed E-state index contributed by atoms with van der Waals surface area (Å²) < 4.78 is 14.4. The average molecular weight is 223 g/mol. The summed E-state index contributed by atoms with van der Waals surface area (Å²) in [7, 11) is 0. The highest BCUT2D eigenvalue weighted by Crippen LogP contribution is 2.34. The zero-order valence-electron chi connectivity index (χ0n) is 8.93. The van der Waals surface area contributed by atoms with Crippen LogP contribution in [0.4, 0.5) is 4.39 Å². The van der Waals surface area contributed by atoms with Crippen LogP contribution < -0.4 is 5.73 Å². The van der Waals surface area contributed by atoms with Crippen LogP contribution in [0, 0.1) is 19.7 Å². The minimum Gasteiger partial charge on any atom is -0.330 e. The van der Waals surface area contributed by atoms with Gasteiger partial charge in [-0.25, -0.2) is 4.39 Å². The van der Waals surface area contributed by atoms with Gasteiger partial charge in [-0.1, -0.05) is 6.07 Å². The highest BCUT2D eigenvalue weighted by atomic mass is 32.1. The number of hydrogen-bond donors (Lipinski definition) is 1. The fraction of sp³-hybridized carbons (Fsp3) is 0.333. The molecular formula is C12H14FNS. The molecule has 1 heterocycles. The number of halogens is 1. The van der Waals surface area contributed by atoms with E-state index in [1.807, 2.05) is 13.0 Å². The number of aryl methyl sites for hydroxylation is 2. The van der Waals surface area contributed by atoms with Gasteiger partial charge in [0.1, 0.15) is 5.82 Å². The van der Waals surface area contributed by atoms with E-state index in [1.54, 1.807) is 17.4 Å². The summed E-state index contributed by atoms with van der Waals surface area (Å²) in [5, 5.41) is 1.17. The standard InChI is InChI=1S/C12H14FNS/c1-7-11(13)4-3-10-9(5-6-14)8(2)15-12(7)10/h3-4H,5-6,14H2,1-2H3. The summed E-state index contributed by atoms with van der Waals surface area (Å²) in [5.41, 5.74) is 7.61. The van der Waals surface area contributed by atoms with Gasteiger partial charge in [-0.2, -0.15) is 0 Å². The van der Waals surface area contributed by atoms with Gasteiger partial charge < -0.3 is 5.73 Å². The van der Waals surface area contributed by atoms with E-state index >= 15 is 0 Å². The third-order valence-corrected chi connectivity index (χ3v) is 4.02. The van der Waals surface area contributed by atoms with Gasteiger partial charge in [0.15, 0.2) is 0 Å². The minimum absolute atomic E-state index is 0.122. The lowest BCUT2D eigenvalue weighted by Gasteiger charge is -2.00. The molecule has 0 aliphatic rings. The summed E-state index contributed by atoms with van der Waals surface area (Å²) in [6.07, 6.45) is 0.872. The molecule has 0 spiro atoms. The number of fused-ring (bicyclic) bond motifs is 1. The lowest BCUT2D eigenvalue weighted by atomic mass is 10.1. The third-order valence-electron chi connectivity index (χ3n) is 2.74. The van der Waals surface area contributed by atoms with E-state index < -0.39 is 0 Å². The highest BCUT2D eigenvalue weighted by molar-refractivity contribution is 7.19. The molecule has 1 nitrogen and oxygen atoms in total. The molecule has 2 N–H and O–H groups in total. The maximum atomic E-state index is 13.4. The fourth-order valence-electron chi connectivity index (χ4n) is 1.90. The normalized spacial score (nSPS) is 11.2. The van der Waals surface area contributed by atoms with E-state index in [4.69, 9.17) is 5.73 Å². The zero-order valence-corrected chi connectivity index (χ0v) is 9.75. The Morgan fingerprint density at radius 1 is 1.33 bits per heavy atom. The van der Waals surface area contributed by atoms with Gasteiger partial charge in [-0.05, 0) is 43.8 Å². The lowest BCUT2D eigenvalue weighted by molar-refractivity contribution is 0.621. The van der Waals surface area contributed by atoms with Gasteiger partial charge in [0.2, 0.25) is 0 Å². The molecule has 80 valence electrons. The quantitative estimate of drug-likeness (QED) is 0.831. The van der Waals surface area contributed by atoms with Gasteiger partial charge in [0.25, 0.3) is 0 Å². The summed E-state index contributed by atoms with van der Waals surface area (Å²) in [6, 6.07) is 3.41. The Labute approximate surface area is 92.7 Å². The first-order chi connectivity index (χ1) is 7.15. The molecule has 3 heteroatoms. The van der Waals surface area contributed by atoms with Crippen molar-refractivity contribution < 1.29 is 4.39 Å². The number of rotatable bonds is 2. The minimum atomic E-state index is -0.122. The summed E-state index contributed by atoms with van der Waals surface area (Å²) in [6.45, 7) is 4.55. The molecule has 0 saturated carbocycles. The topological polar surface area (TPSA) is 26.0 Å². The van der Waals surface area contributed by atoms with E-state index in [9.17, 15) is 4.39 Å². The fourth-order valence-corrected chi connectivity index (χ4v) is 3.09. The second kappa shape index (κ2) is 3.91. The molecule has 0 fully saturated rings. The van der Waals surface area contributed by atoms with Crippen molar-refractivity contribution >= 4 is 21.4 Å². The molecule has 0 amide bonds. The Kier molecular flexibility index (Phi) is 2.76. The van der Waals surface area contributed by atoms with Crippen molar-refractivity contribution in [2.75, 3.05) is 6.54 Å². The van der Waals surface area contributed by atoms with E-state index in [1.165, 1.54) is 15.8 Å². The first kappa shape index (κ1) is 10.6. The van der Waals surface area contributed by atoms with Crippen molar-refractivity contribution in [3.63, 3.8) is 0 Å². The van der Waals surface area contributed by atoms with Gasteiger partial charge >= 0.3 is 0 Å². The lowest BCUT2D eigenvalue weighted by Crippen LogP contribution is -2.02. The molecule has 0 bridgehead atoms. The number of benzene rings is 1. The van der Waals surface area contributed by atoms with Crippen LogP contribution >= 0.6 is 11.3 Å². The largest absolute Gasteiger partial charge is 0.330 e. The Morgan fingerprint density at radius 3 is 2.73 bits per heavy atom. The molecule has 2 rings (SSSR count). The predicted molar refractivity (Wildman–Crippen MR) is 64.0 cm³/mol. The van der Waals surface area contributed by atoms with E-state index in [-0.39, 0.29) is 5.82 Å². The van der Waals surface area contributed by atoms with Gasteiger partial charge in [0, 0.05) is 15.1 Å². The van der Waals surface area contributed by atoms with Crippen LogP contribution in [0.5, 0.6) is 0 Å². The zero-order chi connectivity index (χ0) is 11.0. The van der Waals surface area contributed by atoms with Crippen molar-refractivity contribution in [2.24, 2.45) is 5.73 Å². The van der Waals surface area contributed by atoms with Crippen molar-refractivity contribution in [1.82, 2.24) is 0 Å². The second-order valence-corrected chi connectivity index (χ2v) is 4.95. The van der Waals surface area contributed by atoms with Crippen LogP contribution in [0.2, 0.25) is 0 Å². The molecule has 0 unspecified atom stereocenters. The molecule has 15 heavy (non-hydrogen) atoms. The molecular weight excluding hydrogens is 209 g/mol. The van der Waals surface area contributed by atoms with E-state index in [0.29, 0.717) is 6.54 Å². The number of nitrogens with two attached hydrogens (primary N) is 1. The SMILES string of the molecule is Cc1sc2c(C)c(F)ccc2c1CCN. The first-order valence-electron chi connectivity index (χ1n) is 5.02. The summed E-state index contributed by atoms with van der Waals surface area (Å²) in [5.74, 6) is -0.122. The number of thiophene rings is 1. The number of hydrogen-bond acceptors (Lipinski definition) is 2. The molecule has 0 aliphatic heterocycles. The predicted octanol–water partition coefficient (Wildman–Crippen LogP) is 3.16. The van der Waals surface area contributed by atoms with Gasteiger partial charge in [-0.3, -0.25) is 0 Å². The van der Waals surface area contributed by atoms with Gasteiger partial charge in [-0.15, -0.1) is 11.3 Å². The second-order valence-electron chi connectivity index (χ2n) is 3.72. The Balaban J connectivity index is 2.73. The summed E-state index contributed by atoms with van der Waals surface area (Å²) >= 11 is 1.66. The van der Waals surface area contributed by atoms with Crippen LogP contribution in [-0.4, -0.2) is 6.54 Å². The van der Waals surface area contributed by atoms with Crippen LogP contribution in [0.1, 0.15) is 16.0 Å². The molecule has 0 aliphatic carbocycles. The maximum Gasteiger partial charge on any atom is 0.127 e. The van der Waals surface area contributed by atoms with Crippen LogP contribution in [0.3, 0.4) is 0 Å². The Bertz CT molecular complexity index is 502. The van der Waals surface area contributed by atoms with Crippen molar-refractivity contribution in [3.05, 3.63) is 34.0 Å². The summed E-state index contributed by atoms with van der Waals surface area (Å²) in [4.78, 5) is 1.25. The average Bonchev–Trinajstić information content (AvgIpc) is 2.52. The van der Waals surface area contributed by atoms with Crippen molar-refractivity contribution in [2.45, 2.75) is 20.3 Å².